The molecule has 2 heterocycles. The molecule has 1 N–H and O–H groups in total. The first kappa shape index (κ1) is 43.7. The van der Waals surface area contributed by atoms with Crippen LogP contribution in [-0.4, -0.2) is 55.5 Å². The predicted molar refractivity (Wildman–Crippen MR) is 236 cm³/mol. The summed E-state index contributed by atoms with van der Waals surface area (Å²) in [6.07, 6.45) is 0. The van der Waals surface area contributed by atoms with Gasteiger partial charge in [0.1, 0.15) is 29.6 Å². The zero-order valence-corrected chi connectivity index (χ0v) is 34.4. The molecule has 0 aliphatic rings. The second kappa shape index (κ2) is 20.9. The molecule has 0 spiro atoms. The summed E-state index contributed by atoms with van der Waals surface area (Å²) in [7, 11) is 5.67. The van der Waals surface area contributed by atoms with Crippen LogP contribution in [0.1, 0.15) is 26.3 Å². The van der Waals surface area contributed by atoms with Crippen molar-refractivity contribution in [2.75, 3.05) is 28.4 Å². The second-order valence-corrected chi connectivity index (χ2v) is 13.2. The Hall–Kier alpha value is -8.84. The van der Waals surface area contributed by atoms with E-state index in [0.717, 1.165) is 16.7 Å². The average molecular weight is 843 g/mol. The molecule has 0 saturated carbocycles. The normalized spacial score (nSPS) is 10.2. The van der Waals surface area contributed by atoms with Crippen molar-refractivity contribution >= 4 is 23.3 Å². The van der Waals surface area contributed by atoms with Crippen LogP contribution in [0.2, 0.25) is 0 Å². The number of nitrogens with zero attached hydrogens (tertiary/aromatic N) is 8. The largest absolute Gasteiger partial charge is 0.508 e. The number of phenolic OH excluding ortho intramolecular Hbond substituents is 1. The number of methoxy groups -OCH3 is 4. The molecule has 16 nitrogen and oxygen atoms in total. The van der Waals surface area contributed by atoms with E-state index in [0.29, 0.717) is 57.8 Å². The number of hydrogen-bond acceptors (Lipinski definition) is 12. The number of hydrogen-bond donors (Lipinski definition) is 1. The molecule has 0 atom stereocenters. The van der Waals surface area contributed by atoms with E-state index < -0.39 is 11.9 Å². The van der Waals surface area contributed by atoms with Crippen LogP contribution in [0.15, 0.2) is 150 Å². The maximum atomic E-state index is 12.6. The van der Waals surface area contributed by atoms with Gasteiger partial charge >= 0.3 is 11.9 Å². The van der Waals surface area contributed by atoms with Crippen LogP contribution in [0, 0.1) is 0 Å². The molecule has 7 rings (SSSR count). The summed E-state index contributed by atoms with van der Waals surface area (Å²) in [6.45, 7) is 0.432. The topological polar surface area (TPSA) is 224 Å². The maximum absolute atomic E-state index is 12.6. The van der Waals surface area contributed by atoms with Crippen molar-refractivity contribution in [1.29, 1.82) is 0 Å². The van der Waals surface area contributed by atoms with Crippen LogP contribution in [0.3, 0.4) is 0 Å². The van der Waals surface area contributed by atoms with Crippen molar-refractivity contribution in [2.45, 2.75) is 6.61 Å². The zero-order valence-electron chi connectivity index (χ0n) is 34.4. The molecule has 0 radical (unpaired) electrons. The minimum absolute atomic E-state index is 0.0531. The van der Waals surface area contributed by atoms with Crippen LogP contribution in [-0.2, 0) is 16.1 Å². The number of ether oxygens (including phenoxy) is 5. The molecule has 63 heavy (non-hydrogen) atoms. The van der Waals surface area contributed by atoms with Crippen molar-refractivity contribution < 1.29 is 38.4 Å². The summed E-state index contributed by atoms with van der Waals surface area (Å²) in [4.78, 5) is 40.0. The van der Waals surface area contributed by atoms with E-state index in [1.807, 2.05) is 42.5 Å². The van der Waals surface area contributed by atoms with Crippen LogP contribution in [0.5, 0.6) is 23.0 Å². The quantitative estimate of drug-likeness (QED) is 0.0500. The van der Waals surface area contributed by atoms with Gasteiger partial charge in [0.05, 0.1) is 73.7 Å². The highest BCUT2D eigenvalue weighted by molar-refractivity contribution is 6.00. The third-order valence-corrected chi connectivity index (χ3v) is 9.37. The molecular formula is C47H38N8O8. The van der Waals surface area contributed by atoms with Gasteiger partial charge in [0.25, 0.3) is 0 Å². The number of pyridine rings is 2. The Bertz CT molecular complexity index is 2810. The minimum Gasteiger partial charge on any atom is -0.508 e. The van der Waals surface area contributed by atoms with Crippen LogP contribution in [0.25, 0.3) is 65.9 Å². The average Bonchev–Trinajstić information content (AvgIpc) is 3.34. The molecule has 5 aromatic carbocycles. The van der Waals surface area contributed by atoms with Gasteiger partial charge in [-0.2, -0.15) is 0 Å². The molecule has 0 fully saturated rings. The van der Waals surface area contributed by atoms with Crippen LogP contribution in [0.4, 0.5) is 11.4 Å². The van der Waals surface area contributed by atoms with Crippen molar-refractivity contribution in [3.63, 3.8) is 0 Å². The molecular weight excluding hydrogens is 805 g/mol. The van der Waals surface area contributed by atoms with E-state index in [9.17, 15) is 20.2 Å². The first-order valence-corrected chi connectivity index (χ1v) is 18.9. The lowest BCUT2D eigenvalue weighted by Crippen LogP contribution is -2.04. The Labute approximate surface area is 361 Å². The number of benzene rings is 5. The predicted octanol–water partition coefficient (Wildman–Crippen LogP) is 11.6. The van der Waals surface area contributed by atoms with E-state index >= 15 is 0 Å². The zero-order chi connectivity index (χ0) is 44.7. The van der Waals surface area contributed by atoms with Gasteiger partial charge < -0.3 is 28.8 Å². The first-order chi connectivity index (χ1) is 30.7. The van der Waals surface area contributed by atoms with Gasteiger partial charge in [-0.3, -0.25) is 0 Å². The first-order valence-electron chi connectivity index (χ1n) is 18.9. The van der Waals surface area contributed by atoms with Gasteiger partial charge in [0, 0.05) is 32.1 Å². The molecule has 2 aromatic heterocycles. The molecule has 16 heteroatoms. The summed E-state index contributed by atoms with van der Waals surface area (Å²) in [5.74, 6) is 0.838. The highest BCUT2D eigenvalue weighted by Gasteiger charge is 2.22. The van der Waals surface area contributed by atoms with E-state index in [1.54, 1.807) is 93.1 Å². The fourth-order valence-corrected chi connectivity index (χ4v) is 6.19. The number of carbonyl (C=O) groups is 2. The van der Waals surface area contributed by atoms with E-state index in [-0.39, 0.29) is 28.3 Å². The van der Waals surface area contributed by atoms with Gasteiger partial charge in [-0.1, -0.05) is 40.6 Å². The number of aromatic hydroxyl groups is 1. The van der Waals surface area contributed by atoms with Crippen molar-refractivity contribution in [3.05, 3.63) is 177 Å². The molecule has 0 amide bonds. The van der Waals surface area contributed by atoms with Crippen molar-refractivity contribution in [3.8, 4) is 68.0 Å². The Morgan fingerprint density at radius 2 is 0.952 bits per heavy atom. The SMILES string of the molecule is COC(=O)c1cc(-c2ccc(OC)cc2)nc(-c2ccc(O)cc2)c1N=[N+]=[N-].COC(=O)c1cc(-c2ccc(OC)cc2)nc(-c2ccc(OCc3ccccc3)cc2)c1N=[N+]=[N-]. The second-order valence-electron chi connectivity index (χ2n) is 13.2. The number of azide groups is 2. The molecule has 314 valence electrons. The van der Waals surface area contributed by atoms with Crippen LogP contribution < -0.4 is 14.2 Å². The lowest BCUT2D eigenvalue weighted by atomic mass is 10.0. The lowest BCUT2D eigenvalue weighted by Gasteiger charge is -2.13. The molecule has 7 aromatic rings. The Morgan fingerprint density at radius 1 is 0.556 bits per heavy atom. The molecule has 0 unspecified atom stereocenters. The summed E-state index contributed by atoms with van der Waals surface area (Å²) < 4.78 is 26.1. The monoisotopic (exact) mass is 842 g/mol. The molecule has 0 aliphatic heterocycles. The number of aromatic nitrogens is 2. The fourth-order valence-electron chi connectivity index (χ4n) is 6.19. The Balaban J connectivity index is 0.000000215. The number of phenols is 1. The van der Waals surface area contributed by atoms with Gasteiger partial charge in [-0.15, -0.1) is 0 Å². The van der Waals surface area contributed by atoms with Gasteiger partial charge in [0.2, 0.25) is 0 Å². The van der Waals surface area contributed by atoms with Gasteiger partial charge in [-0.05, 0) is 126 Å². The fraction of sp³-hybridized carbons (Fsp3) is 0.106. The summed E-state index contributed by atoms with van der Waals surface area (Å²) >= 11 is 0. The lowest BCUT2D eigenvalue weighted by molar-refractivity contribution is 0.0592. The third-order valence-electron chi connectivity index (χ3n) is 9.37. The Morgan fingerprint density at radius 3 is 1.35 bits per heavy atom. The maximum Gasteiger partial charge on any atom is 0.338 e. The van der Waals surface area contributed by atoms with E-state index in [1.165, 1.54) is 32.4 Å². The molecule has 0 aliphatic carbocycles. The molecule has 0 bridgehead atoms. The number of esters is 2. The third kappa shape index (κ3) is 10.7. The minimum atomic E-state index is -0.653. The van der Waals surface area contributed by atoms with E-state index in [4.69, 9.17) is 34.2 Å². The highest BCUT2D eigenvalue weighted by atomic mass is 16.5. The van der Waals surface area contributed by atoms with Gasteiger partial charge in [0.15, 0.2) is 0 Å². The van der Waals surface area contributed by atoms with E-state index in [2.05, 4.69) is 25.0 Å². The van der Waals surface area contributed by atoms with Crippen molar-refractivity contribution in [2.24, 2.45) is 10.2 Å². The standard InChI is InChI=1S/C27H22N4O4.C20H16N4O4/c1-33-21-12-8-19(9-13-21)24-16-23(27(32)34-2)26(30-31-28)25(29-24)20-10-14-22(15-11-20)35-17-18-6-4-3-5-7-18;1-27-15-9-5-12(6-10-15)17-11-16(20(26)28-2)19(23-24-21)18(22-17)13-3-7-14(25)8-4-13/h3-16H,17H2,1-2H3;3-11,25H,1-2H3. The smallest absolute Gasteiger partial charge is 0.338 e. The van der Waals surface area contributed by atoms with Crippen molar-refractivity contribution in [1.82, 2.24) is 9.97 Å². The van der Waals surface area contributed by atoms with Crippen LogP contribution >= 0.6 is 0 Å². The van der Waals surface area contributed by atoms with Gasteiger partial charge in [-0.25, -0.2) is 19.6 Å². The summed E-state index contributed by atoms with van der Waals surface area (Å²) in [6, 6.07) is 40.7. The highest BCUT2D eigenvalue weighted by Crippen LogP contribution is 2.38. The number of rotatable bonds is 13. The number of carbonyl (C=O) groups excluding carboxylic acids is 2. The Kier molecular flexibility index (Phi) is 14.5. The summed E-state index contributed by atoms with van der Waals surface area (Å²) in [5, 5.41) is 17.0. The molecule has 0 saturated heterocycles. The summed E-state index contributed by atoms with van der Waals surface area (Å²) in [5.41, 5.74) is 23.9.